The Labute approximate surface area is 116 Å². The van der Waals surface area contributed by atoms with Gasteiger partial charge in [0.2, 0.25) is 11.9 Å². The van der Waals surface area contributed by atoms with Crippen molar-refractivity contribution in [2.45, 2.75) is 0 Å². The minimum atomic E-state index is -0.625. The normalized spacial score (nSPS) is 9.95. The van der Waals surface area contributed by atoms with E-state index in [0.29, 0.717) is 11.8 Å². The molecule has 0 unspecified atom stereocenters. The minimum Gasteiger partial charge on any atom is -0.453 e. The van der Waals surface area contributed by atoms with Crippen molar-refractivity contribution in [1.29, 1.82) is 0 Å². The number of carbonyl (C=O) groups is 1. The van der Waals surface area contributed by atoms with E-state index in [1.165, 1.54) is 7.11 Å². The first-order chi connectivity index (χ1) is 9.60. The van der Waals surface area contributed by atoms with Crippen LogP contribution in [0.1, 0.15) is 0 Å². The number of hydrogen-bond donors (Lipinski definition) is 1. The number of nitrogens with one attached hydrogen (secondary N) is 1. The summed E-state index contributed by atoms with van der Waals surface area (Å²) in [5, 5.41) is 2.45. The molecule has 20 heavy (non-hydrogen) atoms. The quantitative estimate of drug-likeness (QED) is 0.918. The molecular weight excluding hydrogens is 258 g/mol. The van der Waals surface area contributed by atoms with Crippen LogP contribution in [0.5, 0.6) is 0 Å². The van der Waals surface area contributed by atoms with Gasteiger partial charge in [-0.1, -0.05) is 30.3 Å². The molecule has 0 spiro atoms. The maximum atomic E-state index is 11.3. The molecule has 0 saturated carbocycles. The van der Waals surface area contributed by atoms with Gasteiger partial charge < -0.3 is 9.64 Å². The van der Waals surface area contributed by atoms with E-state index in [2.05, 4.69) is 25.0 Å². The Balaban J connectivity index is 2.44. The van der Waals surface area contributed by atoms with E-state index in [9.17, 15) is 4.79 Å². The van der Waals surface area contributed by atoms with Crippen LogP contribution in [0.4, 0.5) is 16.7 Å². The third kappa shape index (κ3) is 3.19. The first-order valence-corrected chi connectivity index (χ1v) is 5.94. The highest BCUT2D eigenvalue weighted by Gasteiger charge is 2.11. The number of nitrogens with zero attached hydrogens (tertiary/aromatic N) is 4. The summed E-state index contributed by atoms with van der Waals surface area (Å²) >= 11 is 0. The summed E-state index contributed by atoms with van der Waals surface area (Å²) in [6.45, 7) is 0. The summed E-state index contributed by atoms with van der Waals surface area (Å²) in [5.41, 5.74) is 0.839. The van der Waals surface area contributed by atoms with Crippen molar-refractivity contribution in [3.8, 4) is 11.4 Å². The Bertz CT molecular complexity index is 601. The molecule has 0 radical (unpaired) electrons. The van der Waals surface area contributed by atoms with Crippen LogP contribution < -0.4 is 10.2 Å². The van der Waals surface area contributed by atoms with Gasteiger partial charge in [0.05, 0.1) is 7.11 Å². The molecule has 0 aliphatic heterocycles. The van der Waals surface area contributed by atoms with E-state index in [1.54, 1.807) is 4.90 Å². The molecule has 0 atom stereocenters. The van der Waals surface area contributed by atoms with E-state index >= 15 is 0 Å². The second kappa shape index (κ2) is 5.96. The Kier molecular flexibility index (Phi) is 4.09. The lowest BCUT2D eigenvalue weighted by atomic mass is 10.2. The Morgan fingerprint density at radius 1 is 1.15 bits per heavy atom. The van der Waals surface area contributed by atoms with Crippen LogP contribution in [0.25, 0.3) is 11.4 Å². The molecule has 1 N–H and O–H groups in total. The smallest absolute Gasteiger partial charge is 0.413 e. The lowest BCUT2D eigenvalue weighted by Crippen LogP contribution is -2.18. The second-order valence-corrected chi connectivity index (χ2v) is 4.16. The molecule has 0 saturated heterocycles. The van der Waals surface area contributed by atoms with Gasteiger partial charge in [-0.05, 0) is 0 Å². The van der Waals surface area contributed by atoms with Crippen molar-refractivity contribution < 1.29 is 9.53 Å². The lowest BCUT2D eigenvalue weighted by molar-refractivity contribution is 0.186. The predicted molar refractivity (Wildman–Crippen MR) is 75.6 cm³/mol. The van der Waals surface area contributed by atoms with Crippen LogP contribution >= 0.6 is 0 Å². The van der Waals surface area contributed by atoms with E-state index in [1.807, 2.05) is 44.4 Å². The zero-order chi connectivity index (χ0) is 14.5. The van der Waals surface area contributed by atoms with Crippen LogP contribution in [0.3, 0.4) is 0 Å². The molecular formula is C13H15N5O2. The minimum absolute atomic E-state index is 0.148. The van der Waals surface area contributed by atoms with Crippen LogP contribution in [0.2, 0.25) is 0 Å². The van der Waals surface area contributed by atoms with Crippen molar-refractivity contribution >= 4 is 18.0 Å². The number of carbonyl (C=O) groups excluding carboxylic acids is 1. The third-order valence-electron chi connectivity index (χ3n) is 2.45. The molecule has 2 aromatic rings. The number of ether oxygens (including phenoxy) is 1. The molecule has 104 valence electrons. The highest BCUT2D eigenvalue weighted by atomic mass is 16.5. The van der Waals surface area contributed by atoms with E-state index in [4.69, 9.17) is 0 Å². The van der Waals surface area contributed by atoms with Crippen molar-refractivity contribution in [3.63, 3.8) is 0 Å². The number of benzene rings is 1. The van der Waals surface area contributed by atoms with Gasteiger partial charge in [-0.15, -0.1) is 0 Å². The zero-order valence-corrected chi connectivity index (χ0v) is 11.5. The number of anilines is 2. The first-order valence-electron chi connectivity index (χ1n) is 5.94. The standard InChI is InChI=1S/C13H15N5O2/c1-18(2)12-15-10(9-7-5-4-6-8-9)14-11(16-12)17-13(19)20-3/h4-8H,1-3H3,(H,14,15,16,17,19). The molecule has 0 aliphatic carbocycles. The molecule has 1 amide bonds. The second-order valence-electron chi connectivity index (χ2n) is 4.16. The van der Waals surface area contributed by atoms with Gasteiger partial charge in [0.1, 0.15) is 0 Å². The fourth-order valence-electron chi connectivity index (χ4n) is 1.48. The maximum Gasteiger partial charge on any atom is 0.413 e. The van der Waals surface area contributed by atoms with Crippen molar-refractivity contribution in [1.82, 2.24) is 15.0 Å². The summed E-state index contributed by atoms with van der Waals surface area (Å²) in [5.74, 6) is 1.08. The number of amides is 1. The molecule has 0 bridgehead atoms. The van der Waals surface area contributed by atoms with Gasteiger partial charge in [-0.2, -0.15) is 15.0 Å². The van der Waals surface area contributed by atoms with Crippen LogP contribution in [0, 0.1) is 0 Å². The van der Waals surface area contributed by atoms with Crippen LogP contribution in [0.15, 0.2) is 30.3 Å². The van der Waals surface area contributed by atoms with Gasteiger partial charge in [0, 0.05) is 19.7 Å². The lowest BCUT2D eigenvalue weighted by Gasteiger charge is -2.12. The summed E-state index contributed by atoms with van der Waals surface area (Å²) in [4.78, 5) is 25.7. The van der Waals surface area contributed by atoms with E-state index in [-0.39, 0.29) is 5.95 Å². The highest BCUT2D eigenvalue weighted by molar-refractivity contribution is 5.82. The average Bonchev–Trinajstić information content (AvgIpc) is 2.47. The number of aromatic nitrogens is 3. The summed E-state index contributed by atoms with van der Waals surface area (Å²) in [6, 6.07) is 9.46. The summed E-state index contributed by atoms with van der Waals surface area (Å²) in [6.07, 6.45) is -0.625. The Hall–Kier alpha value is -2.70. The number of rotatable bonds is 3. The summed E-state index contributed by atoms with van der Waals surface area (Å²) in [7, 11) is 4.90. The monoisotopic (exact) mass is 273 g/mol. The van der Waals surface area contributed by atoms with Gasteiger partial charge in [0.25, 0.3) is 0 Å². The van der Waals surface area contributed by atoms with E-state index < -0.39 is 6.09 Å². The molecule has 1 heterocycles. The topological polar surface area (TPSA) is 80.2 Å². The van der Waals surface area contributed by atoms with Gasteiger partial charge >= 0.3 is 6.09 Å². The van der Waals surface area contributed by atoms with Crippen LogP contribution in [-0.4, -0.2) is 42.3 Å². The maximum absolute atomic E-state index is 11.3. The largest absolute Gasteiger partial charge is 0.453 e. The Morgan fingerprint density at radius 2 is 1.85 bits per heavy atom. The van der Waals surface area contributed by atoms with E-state index in [0.717, 1.165) is 5.56 Å². The van der Waals surface area contributed by atoms with Gasteiger partial charge in [-0.3, -0.25) is 5.32 Å². The van der Waals surface area contributed by atoms with Crippen molar-refractivity contribution in [2.75, 3.05) is 31.4 Å². The first kappa shape index (κ1) is 13.7. The SMILES string of the molecule is COC(=O)Nc1nc(-c2ccccc2)nc(N(C)C)n1. The number of methoxy groups -OCH3 is 1. The zero-order valence-electron chi connectivity index (χ0n) is 11.5. The average molecular weight is 273 g/mol. The van der Waals surface area contributed by atoms with Crippen molar-refractivity contribution in [2.24, 2.45) is 0 Å². The fourth-order valence-corrected chi connectivity index (χ4v) is 1.48. The van der Waals surface area contributed by atoms with Gasteiger partial charge in [-0.25, -0.2) is 4.79 Å². The van der Waals surface area contributed by atoms with Crippen molar-refractivity contribution in [3.05, 3.63) is 30.3 Å². The molecule has 0 fully saturated rings. The molecule has 7 nitrogen and oxygen atoms in total. The predicted octanol–water partition coefficient (Wildman–Crippen LogP) is 1.78. The van der Waals surface area contributed by atoms with Crippen LogP contribution in [-0.2, 0) is 4.74 Å². The number of hydrogen-bond acceptors (Lipinski definition) is 6. The fraction of sp³-hybridized carbons (Fsp3) is 0.231. The third-order valence-corrected chi connectivity index (χ3v) is 2.45. The molecule has 2 rings (SSSR count). The summed E-state index contributed by atoms with van der Waals surface area (Å²) < 4.78 is 4.54. The molecule has 1 aromatic carbocycles. The molecule has 7 heteroatoms. The Morgan fingerprint density at radius 3 is 2.45 bits per heavy atom. The molecule has 1 aromatic heterocycles. The molecule has 0 aliphatic rings. The van der Waals surface area contributed by atoms with Gasteiger partial charge in [0.15, 0.2) is 5.82 Å². The highest BCUT2D eigenvalue weighted by Crippen LogP contribution is 2.18.